The first kappa shape index (κ1) is 14.4. The minimum atomic E-state index is -0.684. The lowest BCUT2D eigenvalue weighted by atomic mass is 10.1. The number of halogens is 1. The molecule has 6 heteroatoms. The van der Waals surface area contributed by atoms with Gasteiger partial charge in [0.05, 0.1) is 0 Å². The van der Waals surface area contributed by atoms with E-state index in [1.807, 2.05) is 18.2 Å². The number of benzene rings is 2. The molecule has 2 aromatic rings. The van der Waals surface area contributed by atoms with Crippen LogP contribution < -0.4 is 16.0 Å². The molecule has 1 heterocycles. The van der Waals surface area contributed by atoms with Crippen LogP contribution in [0.4, 0.5) is 16.2 Å². The van der Waals surface area contributed by atoms with Gasteiger partial charge in [-0.25, -0.2) is 4.79 Å². The summed E-state index contributed by atoms with van der Waals surface area (Å²) in [5.74, 6) is -0.530. The van der Waals surface area contributed by atoms with Crippen LogP contribution in [-0.4, -0.2) is 18.0 Å². The molecule has 1 aliphatic rings. The number of carbonyl (C=O) groups is 2. The highest BCUT2D eigenvalue weighted by atomic mass is 35.5. The zero-order chi connectivity index (χ0) is 15.7. The van der Waals surface area contributed by atoms with Gasteiger partial charge in [-0.2, -0.15) is 0 Å². The summed E-state index contributed by atoms with van der Waals surface area (Å²) >= 11 is 5.91. The van der Waals surface area contributed by atoms with E-state index in [1.54, 1.807) is 30.3 Å². The molecule has 3 N–H and O–H groups in total. The number of urea groups is 1. The van der Waals surface area contributed by atoms with Gasteiger partial charge in [-0.3, -0.25) is 9.69 Å². The fourth-order valence-corrected chi connectivity index (χ4v) is 2.80. The number of rotatable bonds is 2. The minimum absolute atomic E-state index is 0.406. The number of nitrogens with zero attached hydrogens (tertiary/aromatic N) is 1. The summed E-state index contributed by atoms with van der Waals surface area (Å²) in [5.41, 5.74) is 7.62. The number of hydrogen-bond donors (Lipinski definition) is 2. The van der Waals surface area contributed by atoms with Gasteiger partial charge in [-0.1, -0.05) is 35.9 Å². The summed E-state index contributed by atoms with van der Waals surface area (Å²) in [7, 11) is 0. The maximum Gasteiger partial charge on any atom is 0.327 e. The Kier molecular flexibility index (Phi) is 3.73. The molecule has 3 rings (SSSR count). The standard InChI is InChI=1S/C16H14ClN3O2/c17-11-5-3-6-12(9-11)19-16(22)20-13-7-2-1-4-10(13)8-14(20)15(18)21/h1-7,9,14H,8H2,(H2,18,21)(H,19,22)/t14-/m1/s1. The summed E-state index contributed by atoms with van der Waals surface area (Å²) in [4.78, 5) is 25.6. The molecule has 5 nitrogen and oxygen atoms in total. The number of nitrogens with two attached hydrogens (primary N) is 1. The topological polar surface area (TPSA) is 75.4 Å². The number of amides is 3. The van der Waals surface area contributed by atoms with E-state index in [0.717, 1.165) is 5.56 Å². The average Bonchev–Trinajstić information content (AvgIpc) is 2.87. The van der Waals surface area contributed by atoms with Gasteiger partial charge < -0.3 is 11.1 Å². The lowest BCUT2D eigenvalue weighted by Gasteiger charge is -2.23. The number of nitrogens with one attached hydrogen (secondary N) is 1. The zero-order valence-corrected chi connectivity index (χ0v) is 12.4. The maximum atomic E-state index is 12.6. The predicted octanol–water partition coefficient (Wildman–Crippen LogP) is 2.79. The third-order valence-corrected chi connectivity index (χ3v) is 3.83. The lowest BCUT2D eigenvalue weighted by Crippen LogP contribution is -2.47. The van der Waals surface area contributed by atoms with Crippen molar-refractivity contribution in [1.82, 2.24) is 0 Å². The van der Waals surface area contributed by atoms with Gasteiger partial charge in [0.1, 0.15) is 6.04 Å². The smallest absolute Gasteiger partial charge is 0.327 e. The Morgan fingerprint density at radius 3 is 2.68 bits per heavy atom. The Bertz CT molecular complexity index is 748. The third-order valence-electron chi connectivity index (χ3n) is 3.60. The Morgan fingerprint density at radius 1 is 1.18 bits per heavy atom. The van der Waals surface area contributed by atoms with Crippen LogP contribution in [0.25, 0.3) is 0 Å². The molecule has 0 aliphatic carbocycles. The molecule has 0 aromatic heterocycles. The first-order chi connectivity index (χ1) is 10.6. The van der Waals surface area contributed by atoms with Crippen LogP contribution in [0.5, 0.6) is 0 Å². The predicted molar refractivity (Wildman–Crippen MR) is 86.1 cm³/mol. The van der Waals surface area contributed by atoms with E-state index in [1.165, 1.54) is 4.90 Å². The van der Waals surface area contributed by atoms with Crippen molar-refractivity contribution in [1.29, 1.82) is 0 Å². The van der Waals surface area contributed by atoms with Crippen LogP contribution in [0.1, 0.15) is 5.56 Å². The van der Waals surface area contributed by atoms with Crippen molar-refractivity contribution in [3.8, 4) is 0 Å². The molecular weight excluding hydrogens is 302 g/mol. The Labute approximate surface area is 132 Å². The lowest BCUT2D eigenvalue weighted by molar-refractivity contribution is -0.119. The molecule has 0 radical (unpaired) electrons. The fourth-order valence-electron chi connectivity index (χ4n) is 2.61. The molecule has 0 saturated carbocycles. The normalized spacial score (nSPS) is 16.2. The SMILES string of the molecule is NC(=O)[C@H]1Cc2ccccc2N1C(=O)Nc1cccc(Cl)c1. The molecule has 112 valence electrons. The van der Waals surface area contributed by atoms with E-state index >= 15 is 0 Å². The van der Waals surface area contributed by atoms with Crippen molar-refractivity contribution in [2.45, 2.75) is 12.5 Å². The van der Waals surface area contributed by atoms with E-state index in [2.05, 4.69) is 5.32 Å². The number of carbonyl (C=O) groups excluding carboxylic acids is 2. The van der Waals surface area contributed by atoms with Crippen molar-refractivity contribution in [2.24, 2.45) is 5.73 Å². The van der Waals surface area contributed by atoms with Crippen molar-refractivity contribution >= 4 is 34.9 Å². The summed E-state index contributed by atoms with van der Waals surface area (Å²) in [6, 6.07) is 13.1. The number of fused-ring (bicyclic) bond motifs is 1. The van der Waals surface area contributed by atoms with E-state index in [0.29, 0.717) is 22.8 Å². The number of anilines is 2. The first-order valence-electron chi connectivity index (χ1n) is 6.79. The quantitative estimate of drug-likeness (QED) is 0.894. The molecule has 0 spiro atoms. The molecule has 0 saturated heterocycles. The van der Waals surface area contributed by atoms with Crippen LogP contribution in [0.2, 0.25) is 5.02 Å². The molecule has 3 amide bonds. The molecule has 0 fully saturated rings. The summed E-state index contributed by atoms with van der Waals surface area (Å²) < 4.78 is 0. The second kappa shape index (κ2) is 5.69. The first-order valence-corrected chi connectivity index (χ1v) is 7.17. The van der Waals surface area contributed by atoms with Crippen molar-refractivity contribution < 1.29 is 9.59 Å². The maximum absolute atomic E-state index is 12.6. The molecule has 1 atom stereocenters. The Morgan fingerprint density at radius 2 is 1.95 bits per heavy atom. The number of hydrogen-bond acceptors (Lipinski definition) is 2. The molecule has 0 unspecified atom stereocenters. The largest absolute Gasteiger partial charge is 0.368 e. The Hall–Kier alpha value is -2.53. The fraction of sp³-hybridized carbons (Fsp3) is 0.125. The van der Waals surface area contributed by atoms with Crippen LogP contribution in [0, 0.1) is 0 Å². The van der Waals surface area contributed by atoms with Crippen LogP contribution in [0.15, 0.2) is 48.5 Å². The third kappa shape index (κ3) is 2.63. The summed E-state index contributed by atoms with van der Waals surface area (Å²) in [6.45, 7) is 0. The van der Waals surface area contributed by atoms with Gasteiger partial charge in [0.15, 0.2) is 0 Å². The van der Waals surface area contributed by atoms with Crippen LogP contribution in [0.3, 0.4) is 0 Å². The highest BCUT2D eigenvalue weighted by Crippen LogP contribution is 2.32. The van der Waals surface area contributed by atoms with Crippen molar-refractivity contribution in [3.05, 3.63) is 59.1 Å². The molecule has 1 aliphatic heterocycles. The monoisotopic (exact) mass is 315 g/mol. The van der Waals surface area contributed by atoms with E-state index in [4.69, 9.17) is 17.3 Å². The van der Waals surface area contributed by atoms with Gasteiger partial charge >= 0.3 is 6.03 Å². The van der Waals surface area contributed by atoms with E-state index in [-0.39, 0.29) is 0 Å². The minimum Gasteiger partial charge on any atom is -0.368 e. The molecule has 22 heavy (non-hydrogen) atoms. The molecular formula is C16H14ClN3O2. The average molecular weight is 316 g/mol. The van der Waals surface area contributed by atoms with Crippen molar-refractivity contribution in [2.75, 3.05) is 10.2 Å². The van der Waals surface area contributed by atoms with Gasteiger partial charge in [0.2, 0.25) is 5.91 Å². The summed E-state index contributed by atoms with van der Waals surface area (Å²) in [5, 5.41) is 3.26. The number of primary amides is 1. The van der Waals surface area contributed by atoms with Crippen molar-refractivity contribution in [3.63, 3.8) is 0 Å². The van der Waals surface area contributed by atoms with Gasteiger partial charge in [-0.15, -0.1) is 0 Å². The number of para-hydroxylation sites is 1. The Balaban J connectivity index is 1.90. The highest BCUT2D eigenvalue weighted by molar-refractivity contribution is 6.31. The second-order valence-electron chi connectivity index (χ2n) is 5.06. The molecule has 2 aromatic carbocycles. The van der Waals surface area contributed by atoms with Gasteiger partial charge in [0.25, 0.3) is 0 Å². The van der Waals surface area contributed by atoms with Gasteiger partial charge in [0, 0.05) is 22.8 Å². The summed E-state index contributed by atoms with van der Waals surface area (Å²) in [6.07, 6.45) is 0.425. The van der Waals surface area contributed by atoms with Crippen LogP contribution in [-0.2, 0) is 11.2 Å². The van der Waals surface area contributed by atoms with Crippen LogP contribution >= 0.6 is 11.6 Å². The van der Waals surface area contributed by atoms with Gasteiger partial charge in [-0.05, 0) is 29.8 Å². The van der Waals surface area contributed by atoms with E-state index in [9.17, 15) is 9.59 Å². The second-order valence-corrected chi connectivity index (χ2v) is 5.50. The van der Waals surface area contributed by atoms with E-state index < -0.39 is 18.0 Å². The highest BCUT2D eigenvalue weighted by Gasteiger charge is 2.37. The zero-order valence-electron chi connectivity index (χ0n) is 11.6. The molecule has 0 bridgehead atoms.